The minimum Gasteiger partial charge on any atom is -0.298 e. The normalized spacial score (nSPS) is 12.8. The number of rotatable bonds is 6. The second-order valence-corrected chi connectivity index (χ2v) is 9.49. The molecule has 0 radical (unpaired) electrons. The van der Waals surface area contributed by atoms with E-state index in [2.05, 4.69) is 0 Å². The van der Waals surface area contributed by atoms with E-state index in [1.54, 1.807) is 4.72 Å². The molecule has 0 aliphatic rings. The molecule has 3 rings (SSSR count). The van der Waals surface area contributed by atoms with Crippen LogP contribution in [0.2, 0.25) is 0 Å². The number of alkyl halides is 6. The molecule has 3 aromatic rings. The average molecular weight is 499 g/mol. The van der Waals surface area contributed by atoms with Gasteiger partial charge in [0.2, 0.25) is 10.0 Å². The van der Waals surface area contributed by atoms with Crippen LogP contribution >= 0.6 is 11.3 Å². The number of benzene rings is 2. The molecule has 4 nitrogen and oxygen atoms in total. The van der Waals surface area contributed by atoms with Crippen LogP contribution in [0.15, 0.2) is 36.4 Å². The molecule has 0 atom stereocenters. The van der Waals surface area contributed by atoms with Gasteiger partial charge in [0.15, 0.2) is 12.0 Å². The van der Waals surface area contributed by atoms with Crippen LogP contribution in [0.3, 0.4) is 0 Å². The maximum atomic E-state index is 13.5. The average Bonchev–Trinajstić information content (AvgIpc) is 2.97. The van der Waals surface area contributed by atoms with Crippen molar-refractivity contribution in [1.82, 2.24) is 0 Å². The molecule has 0 bridgehead atoms. The molecular formula is C19H12F7NO3S2. The minimum absolute atomic E-state index is 0.0634. The number of carbonyl (C=O) groups is 1. The van der Waals surface area contributed by atoms with E-state index in [1.165, 1.54) is 18.2 Å². The van der Waals surface area contributed by atoms with Gasteiger partial charge in [-0.3, -0.25) is 9.52 Å². The summed E-state index contributed by atoms with van der Waals surface area (Å²) in [7, 11) is -4.86. The number of thiophene rings is 1. The van der Waals surface area contributed by atoms with Crippen molar-refractivity contribution in [3.63, 3.8) is 0 Å². The summed E-state index contributed by atoms with van der Waals surface area (Å²) in [4.78, 5) is 11.7. The third kappa shape index (κ3) is 5.38. The van der Waals surface area contributed by atoms with Crippen molar-refractivity contribution in [2.75, 3.05) is 10.5 Å². The van der Waals surface area contributed by atoms with E-state index in [0.29, 0.717) is 33.7 Å². The highest BCUT2D eigenvalue weighted by Gasteiger charge is 2.36. The van der Waals surface area contributed by atoms with Crippen LogP contribution in [0.1, 0.15) is 27.0 Å². The van der Waals surface area contributed by atoms with Gasteiger partial charge in [0.1, 0.15) is 10.8 Å². The molecule has 13 heteroatoms. The smallest absolute Gasteiger partial charge is 0.298 e. The number of sulfonamides is 1. The van der Waals surface area contributed by atoms with Crippen LogP contribution in [0.25, 0.3) is 10.1 Å². The van der Waals surface area contributed by atoms with Crippen molar-refractivity contribution >= 4 is 42.7 Å². The van der Waals surface area contributed by atoms with Gasteiger partial charge in [-0.05, 0) is 35.7 Å². The Morgan fingerprint density at radius 2 is 1.72 bits per heavy atom. The molecule has 1 N–H and O–H groups in total. The highest BCUT2D eigenvalue weighted by atomic mass is 32.2. The number of hydrogen-bond donors (Lipinski definition) is 1. The fourth-order valence-electron chi connectivity index (χ4n) is 3.09. The monoisotopic (exact) mass is 499 g/mol. The van der Waals surface area contributed by atoms with Crippen LogP contribution in [-0.4, -0.2) is 26.6 Å². The first-order valence-corrected chi connectivity index (χ1v) is 11.1. The first kappa shape index (κ1) is 24.0. The summed E-state index contributed by atoms with van der Waals surface area (Å²) >= 11 is 0.707. The zero-order chi connectivity index (χ0) is 23.9. The van der Waals surface area contributed by atoms with Gasteiger partial charge in [0, 0.05) is 10.1 Å². The van der Waals surface area contributed by atoms with Gasteiger partial charge in [-0.1, -0.05) is 18.2 Å². The van der Waals surface area contributed by atoms with Gasteiger partial charge in [-0.2, -0.15) is 26.3 Å². The Morgan fingerprint density at radius 1 is 1.03 bits per heavy atom. The molecule has 172 valence electrons. The maximum absolute atomic E-state index is 13.5. The largest absolute Gasteiger partial charge is 0.419 e. The van der Waals surface area contributed by atoms with Gasteiger partial charge in [0.05, 0.1) is 11.1 Å². The highest BCUT2D eigenvalue weighted by Crippen LogP contribution is 2.39. The number of halogens is 7. The van der Waals surface area contributed by atoms with Gasteiger partial charge in [-0.25, -0.2) is 12.8 Å². The van der Waals surface area contributed by atoms with E-state index in [1.807, 2.05) is 0 Å². The fourth-order valence-corrected chi connectivity index (χ4v) is 5.51. The third-order valence-corrected chi connectivity index (χ3v) is 6.73. The molecule has 0 aliphatic carbocycles. The maximum Gasteiger partial charge on any atom is 0.419 e. The standard InChI is InChI=1S/C19H12F7NO3S2/c20-14-5-4-10(7-13(14)19(24,25)26)6-11-2-1-3-15-16(11)12(8-28)17(31-15)27-32(29,30)9-18(21,22)23/h1-5,7-8,27H,6,9H2. The second kappa shape index (κ2) is 8.35. The molecule has 0 aliphatic heterocycles. The van der Waals surface area contributed by atoms with Crippen molar-refractivity contribution in [2.24, 2.45) is 0 Å². The molecule has 0 saturated carbocycles. The van der Waals surface area contributed by atoms with E-state index in [9.17, 15) is 43.9 Å². The molecule has 32 heavy (non-hydrogen) atoms. The van der Waals surface area contributed by atoms with E-state index in [0.717, 1.165) is 6.07 Å². The summed E-state index contributed by atoms with van der Waals surface area (Å²) in [5.74, 6) is -3.61. The summed E-state index contributed by atoms with van der Waals surface area (Å²) in [5.41, 5.74) is -1.34. The van der Waals surface area contributed by atoms with Crippen molar-refractivity contribution in [2.45, 2.75) is 18.8 Å². The van der Waals surface area contributed by atoms with E-state index in [4.69, 9.17) is 0 Å². The Kier molecular flexibility index (Phi) is 6.26. The third-order valence-electron chi connectivity index (χ3n) is 4.29. The molecule has 0 spiro atoms. The lowest BCUT2D eigenvalue weighted by Crippen LogP contribution is -2.27. The van der Waals surface area contributed by atoms with Crippen LogP contribution in [0, 0.1) is 5.82 Å². The van der Waals surface area contributed by atoms with Crippen LogP contribution in [0.4, 0.5) is 35.7 Å². The van der Waals surface area contributed by atoms with E-state index >= 15 is 0 Å². The SMILES string of the molecule is O=Cc1c(NS(=O)(=O)CC(F)(F)F)sc2cccc(Cc3ccc(F)c(C(F)(F)F)c3)c12. The van der Waals surface area contributed by atoms with Crippen LogP contribution in [-0.2, 0) is 22.6 Å². The lowest BCUT2D eigenvalue weighted by molar-refractivity contribution is -0.140. The van der Waals surface area contributed by atoms with Gasteiger partial charge >= 0.3 is 12.4 Å². The van der Waals surface area contributed by atoms with Crippen LogP contribution in [0.5, 0.6) is 0 Å². The second-order valence-electron chi connectivity index (χ2n) is 6.72. The zero-order valence-electron chi connectivity index (χ0n) is 15.6. The number of nitrogens with one attached hydrogen (secondary N) is 1. The van der Waals surface area contributed by atoms with Crippen molar-refractivity contribution in [1.29, 1.82) is 0 Å². The Bertz CT molecular complexity index is 1280. The number of hydrogen-bond acceptors (Lipinski definition) is 4. The summed E-state index contributed by atoms with van der Waals surface area (Å²) in [6.07, 6.45) is -9.85. The van der Waals surface area contributed by atoms with Crippen LogP contribution < -0.4 is 4.72 Å². The number of carbonyl (C=O) groups excluding carboxylic acids is 1. The quantitative estimate of drug-likeness (QED) is 0.346. The minimum atomic E-state index is -5.01. The van der Waals surface area contributed by atoms with E-state index < -0.39 is 39.5 Å². The highest BCUT2D eigenvalue weighted by molar-refractivity contribution is 7.93. The lowest BCUT2D eigenvalue weighted by Gasteiger charge is -2.11. The molecule has 2 aromatic carbocycles. The number of aldehydes is 1. The number of anilines is 1. The molecule has 0 saturated heterocycles. The Balaban J connectivity index is 2.05. The van der Waals surface area contributed by atoms with Gasteiger partial charge in [0.25, 0.3) is 0 Å². The Hall–Kier alpha value is -2.67. The molecule has 0 unspecified atom stereocenters. The molecule has 0 amide bonds. The zero-order valence-corrected chi connectivity index (χ0v) is 17.3. The topological polar surface area (TPSA) is 63.2 Å². The Labute approximate surface area is 180 Å². The number of fused-ring (bicyclic) bond motifs is 1. The summed E-state index contributed by atoms with van der Waals surface area (Å²) in [6.45, 7) is 0. The summed E-state index contributed by atoms with van der Waals surface area (Å²) < 4.78 is 116. The predicted octanol–water partition coefficient (Wildman–Crippen LogP) is 5.77. The van der Waals surface area contributed by atoms with Crippen molar-refractivity contribution < 1.29 is 43.9 Å². The first-order chi connectivity index (χ1) is 14.7. The van der Waals surface area contributed by atoms with Crippen molar-refractivity contribution in [3.05, 3.63) is 64.5 Å². The molecule has 1 aromatic heterocycles. The molecule has 0 fully saturated rings. The van der Waals surface area contributed by atoms with Gasteiger partial charge < -0.3 is 0 Å². The first-order valence-electron chi connectivity index (χ1n) is 8.62. The fraction of sp³-hybridized carbons (Fsp3) is 0.211. The lowest BCUT2D eigenvalue weighted by atomic mass is 9.98. The summed E-state index contributed by atoms with van der Waals surface area (Å²) in [6, 6.07) is 6.84. The van der Waals surface area contributed by atoms with E-state index in [-0.39, 0.29) is 34.2 Å². The van der Waals surface area contributed by atoms with Crippen molar-refractivity contribution in [3.8, 4) is 0 Å². The molecular weight excluding hydrogens is 487 g/mol. The summed E-state index contributed by atoms with van der Waals surface area (Å²) in [5, 5.41) is -0.170. The predicted molar refractivity (Wildman–Crippen MR) is 105 cm³/mol. The molecule has 1 heterocycles. The van der Waals surface area contributed by atoms with Gasteiger partial charge in [-0.15, -0.1) is 11.3 Å². The Morgan fingerprint density at radius 3 is 2.31 bits per heavy atom.